The summed E-state index contributed by atoms with van der Waals surface area (Å²) in [5.74, 6) is -0.423. The van der Waals surface area contributed by atoms with Crippen LogP contribution < -0.4 is 5.73 Å². The number of carbonyl (C=O) groups is 1. The summed E-state index contributed by atoms with van der Waals surface area (Å²) in [6.45, 7) is 2.61. The van der Waals surface area contributed by atoms with Gasteiger partial charge in [-0.1, -0.05) is 37.1 Å². The number of carbonyl (C=O) groups excluding carboxylic acids is 1. The number of benzene rings is 1. The lowest BCUT2D eigenvalue weighted by molar-refractivity contribution is -0.149. The van der Waals surface area contributed by atoms with Crippen molar-refractivity contribution in [2.75, 3.05) is 6.54 Å². The van der Waals surface area contributed by atoms with E-state index in [-0.39, 0.29) is 18.5 Å². The van der Waals surface area contributed by atoms with Crippen molar-refractivity contribution in [1.29, 1.82) is 0 Å². The van der Waals surface area contributed by atoms with Crippen LogP contribution in [0.2, 0.25) is 5.02 Å². The van der Waals surface area contributed by atoms with Crippen LogP contribution in [0.25, 0.3) is 0 Å². The van der Waals surface area contributed by atoms with Gasteiger partial charge in [-0.3, -0.25) is 4.79 Å². The van der Waals surface area contributed by atoms with E-state index >= 15 is 0 Å². The molecule has 0 aliphatic heterocycles. The molecule has 0 fully saturated rings. The number of hydrogen-bond donors (Lipinski definition) is 1. The number of rotatable bonds is 6. The van der Waals surface area contributed by atoms with Crippen LogP contribution in [0.15, 0.2) is 24.3 Å². The maximum atomic E-state index is 11.7. The maximum absolute atomic E-state index is 11.7. The molecule has 1 rings (SSSR count). The molecule has 0 aliphatic rings. The van der Waals surface area contributed by atoms with Crippen molar-refractivity contribution >= 4 is 17.6 Å². The van der Waals surface area contributed by atoms with Crippen molar-refractivity contribution in [2.45, 2.75) is 26.4 Å². The largest absolute Gasteiger partial charge is 0.461 e. The van der Waals surface area contributed by atoms with Crippen LogP contribution in [0.1, 0.15) is 25.3 Å². The third kappa shape index (κ3) is 4.75. The first-order valence-electron chi connectivity index (χ1n) is 5.78. The second-order valence-corrected chi connectivity index (χ2v) is 4.40. The van der Waals surface area contributed by atoms with Crippen molar-refractivity contribution in [1.82, 2.24) is 0 Å². The van der Waals surface area contributed by atoms with Gasteiger partial charge in [0.05, 0.1) is 5.92 Å². The summed E-state index contributed by atoms with van der Waals surface area (Å²) in [4.78, 5) is 11.7. The molecule has 1 aromatic rings. The van der Waals surface area contributed by atoms with Gasteiger partial charge in [0.1, 0.15) is 6.61 Å². The molecule has 0 amide bonds. The van der Waals surface area contributed by atoms with Crippen LogP contribution >= 0.6 is 11.6 Å². The van der Waals surface area contributed by atoms with Crippen molar-refractivity contribution in [3.63, 3.8) is 0 Å². The number of ether oxygens (including phenoxy) is 1. The van der Waals surface area contributed by atoms with Crippen molar-refractivity contribution in [3.05, 3.63) is 34.9 Å². The Hall–Kier alpha value is -1.06. The predicted octanol–water partition coefficient (Wildman–Crippen LogP) is 2.76. The fourth-order valence-electron chi connectivity index (χ4n) is 1.58. The van der Waals surface area contributed by atoms with Crippen LogP contribution in [0, 0.1) is 5.92 Å². The molecule has 0 aromatic heterocycles. The number of hydrogen-bond acceptors (Lipinski definition) is 3. The van der Waals surface area contributed by atoms with E-state index in [1.165, 1.54) is 0 Å². The molecule has 1 unspecified atom stereocenters. The summed E-state index contributed by atoms with van der Waals surface area (Å²) in [5.41, 5.74) is 6.42. The number of nitrogens with two attached hydrogens (primary N) is 1. The molecule has 1 aromatic carbocycles. The molecule has 4 heteroatoms. The molecule has 0 saturated carbocycles. The third-order valence-corrected chi connectivity index (χ3v) is 2.76. The average molecular weight is 256 g/mol. The van der Waals surface area contributed by atoms with Gasteiger partial charge in [-0.25, -0.2) is 0 Å². The van der Waals surface area contributed by atoms with Gasteiger partial charge in [-0.15, -0.1) is 0 Å². The molecular formula is C13H18ClNO2. The highest BCUT2D eigenvalue weighted by molar-refractivity contribution is 6.30. The minimum absolute atomic E-state index is 0.195. The zero-order valence-electron chi connectivity index (χ0n) is 9.99. The van der Waals surface area contributed by atoms with E-state index in [0.717, 1.165) is 18.4 Å². The first-order chi connectivity index (χ1) is 8.17. The van der Waals surface area contributed by atoms with E-state index in [1.54, 1.807) is 12.1 Å². The maximum Gasteiger partial charge on any atom is 0.310 e. The molecule has 0 heterocycles. The van der Waals surface area contributed by atoms with E-state index < -0.39 is 0 Å². The lowest BCUT2D eigenvalue weighted by Crippen LogP contribution is -2.25. The highest BCUT2D eigenvalue weighted by Crippen LogP contribution is 2.13. The van der Waals surface area contributed by atoms with Gasteiger partial charge in [0.25, 0.3) is 0 Å². The van der Waals surface area contributed by atoms with E-state index in [0.29, 0.717) is 11.6 Å². The minimum atomic E-state index is -0.227. The molecule has 17 heavy (non-hydrogen) atoms. The van der Waals surface area contributed by atoms with Gasteiger partial charge in [0.15, 0.2) is 0 Å². The topological polar surface area (TPSA) is 52.3 Å². The monoisotopic (exact) mass is 255 g/mol. The fraction of sp³-hybridized carbons (Fsp3) is 0.462. The normalized spacial score (nSPS) is 12.2. The SMILES string of the molecule is CCCC(CN)C(=O)OCc1cccc(Cl)c1. The Morgan fingerprint density at radius 1 is 1.53 bits per heavy atom. The number of halogens is 1. The smallest absolute Gasteiger partial charge is 0.310 e. The Kier molecular flexibility index (Phi) is 6.01. The summed E-state index contributed by atoms with van der Waals surface area (Å²) in [7, 11) is 0. The second-order valence-electron chi connectivity index (χ2n) is 3.96. The second kappa shape index (κ2) is 7.30. The van der Waals surface area contributed by atoms with Crippen molar-refractivity contribution in [3.8, 4) is 0 Å². The van der Waals surface area contributed by atoms with E-state index in [1.807, 2.05) is 19.1 Å². The Morgan fingerprint density at radius 3 is 2.88 bits per heavy atom. The molecule has 1 atom stereocenters. The lowest BCUT2D eigenvalue weighted by atomic mass is 10.0. The van der Waals surface area contributed by atoms with Crippen LogP contribution in [0.4, 0.5) is 0 Å². The van der Waals surface area contributed by atoms with Crippen LogP contribution in [0.5, 0.6) is 0 Å². The van der Waals surface area contributed by atoms with Gasteiger partial charge < -0.3 is 10.5 Å². The van der Waals surface area contributed by atoms with Crippen LogP contribution in [0.3, 0.4) is 0 Å². The van der Waals surface area contributed by atoms with Gasteiger partial charge in [-0.2, -0.15) is 0 Å². The lowest BCUT2D eigenvalue weighted by Gasteiger charge is -2.13. The molecule has 3 nitrogen and oxygen atoms in total. The Bertz CT molecular complexity index is 368. The summed E-state index contributed by atoms with van der Waals surface area (Å²) in [6.07, 6.45) is 1.69. The Morgan fingerprint density at radius 2 is 2.29 bits per heavy atom. The van der Waals surface area contributed by atoms with Crippen molar-refractivity contribution in [2.24, 2.45) is 11.7 Å². The highest BCUT2D eigenvalue weighted by atomic mass is 35.5. The zero-order chi connectivity index (χ0) is 12.7. The predicted molar refractivity (Wildman–Crippen MR) is 68.7 cm³/mol. The summed E-state index contributed by atoms with van der Waals surface area (Å²) >= 11 is 5.84. The van der Waals surface area contributed by atoms with E-state index in [4.69, 9.17) is 22.1 Å². The average Bonchev–Trinajstić information content (AvgIpc) is 2.33. The van der Waals surface area contributed by atoms with Gasteiger partial charge in [-0.05, 0) is 24.1 Å². The van der Waals surface area contributed by atoms with Gasteiger partial charge >= 0.3 is 5.97 Å². The van der Waals surface area contributed by atoms with Crippen LogP contribution in [-0.2, 0) is 16.1 Å². The summed E-state index contributed by atoms with van der Waals surface area (Å²) < 4.78 is 5.21. The summed E-state index contributed by atoms with van der Waals surface area (Å²) in [5, 5.41) is 0.641. The van der Waals surface area contributed by atoms with Crippen molar-refractivity contribution < 1.29 is 9.53 Å². The Balaban J connectivity index is 2.47. The standard InChI is InChI=1S/C13H18ClNO2/c1-2-4-11(8-15)13(16)17-9-10-5-3-6-12(14)7-10/h3,5-7,11H,2,4,8-9,15H2,1H3. The summed E-state index contributed by atoms with van der Waals surface area (Å²) in [6, 6.07) is 7.27. The number of esters is 1. The quantitative estimate of drug-likeness (QED) is 0.796. The fourth-order valence-corrected chi connectivity index (χ4v) is 1.79. The molecule has 0 aliphatic carbocycles. The molecule has 0 bridgehead atoms. The van der Waals surface area contributed by atoms with Gasteiger partial charge in [0, 0.05) is 11.6 Å². The molecule has 2 N–H and O–H groups in total. The molecule has 0 saturated heterocycles. The zero-order valence-corrected chi connectivity index (χ0v) is 10.7. The molecular weight excluding hydrogens is 238 g/mol. The third-order valence-electron chi connectivity index (χ3n) is 2.53. The molecule has 94 valence electrons. The van der Waals surface area contributed by atoms with E-state index in [9.17, 15) is 4.79 Å². The van der Waals surface area contributed by atoms with E-state index in [2.05, 4.69) is 0 Å². The molecule has 0 spiro atoms. The van der Waals surface area contributed by atoms with Gasteiger partial charge in [0.2, 0.25) is 0 Å². The molecule has 0 radical (unpaired) electrons. The van der Waals surface area contributed by atoms with Crippen LogP contribution in [-0.4, -0.2) is 12.5 Å². The minimum Gasteiger partial charge on any atom is -0.461 e. The first kappa shape index (κ1) is 14.0. The highest BCUT2D eigenvalue weighted by Gasteiger charge is 2.17. The Labute approximate surface area is 107 Å². The first-order valence-corrected chi connectivity index (χ1v) is 6.16.